The Labute approximate surface area is 242 Å². The summed E-state index contributed by atoms with van der Waals surface area (Å²) in [6.45, 7) is -3.01. The van der Waals surface area contributed by atoms with Gasteiger partial charge in [0.05, 0.1) is 16.8 Å². The number of alkyl halides is 7. The minimum Gasteiger partial charge on any atom is -0.295 e. The van der Waals surface area contributed by atoms with E-state index < -0.39 is 63.4 Å². The van der Waals surface area contributed by atoms with Crippen molar-refractivity contribution >= 4 is 39.8 Å². The van der Waals surface area contributed by atoms with Gasteiger partial charge in [0, 0.05) is 56.5 Å². The zero-order chi connectivity index (χ0) is 29.5. The normalized spacial score (nSPS) is 20.1. The number of Topliss-reactive ketones (excluding diaryl/α,β-unsaturated/α-hetero) is 1. The molecule has 2 heterocycles. The molecule has 18 heteroatoms. The van der Waals surface area contributed by atoms with E-state index in [0.29, 0.717) is 12.3 Å². The molecular weight excluding hydrogens is 630 g/mol. The number of halogens is 9. The molecule has 1 saturated heterocycles. The quantitative estimate of drug-likeness (QED) is 0.268. The summed E-state index contributed by atoms with van der Waals surface area (Å²) in [6.07, 6.45) is -4.95. The maximum atomic E-state index is 14.1. The fraction of sp³-hybridized carbons (Fsp3) is 0.609. The first kappa shape index (κ1) is 33.5. The topological polar surface area (TPSA) is 88.4 Å². The molecule has 0 amide bonds. The number of rotatable bonds is 8. The summed E-state index contributed by atoms with van der Waals surface area (Å²) in [7, 11) is -4.24. The second kappa shape index (κ2) is 12.3. The van der Waals surface area contributed by atoms with Crippen LogP contribution in [-0.4, -0.2) is 76.0 Å². The highest BCUT2D eigenvalue weighted by Crippen LogP contribution is 2.45. The third-order valence-corrected chi connectivity index (χ3v) is 9.60. The van der Waals surface area contributed by atoms with E-state index in [0.717, 1.165) is 16.4 Å². The van der Waals surface area contributed by atoms with Crippen LogP contribution in [0.3, 0.4) is 0 Å². The second-order valence-corrected chi connectivity index (χ2v) is 12.2. The Morgan fingerprint density at radius 1 is 1.05 bits per heavy atom. The van der Waals surface area contributed by atoms with E-state index >= 15 is 0 Å². The molecule has 1 aliphatic carbocycles. The Balaban J connectivity index is 0.00000462. The number of ketones is 1. The molecule has 41 heavy (non-hydrogen) atoms. The molecule has 2 aliphatic rings. The third-order valence-electron chi connectivity index (χ3n) is 7.53. The van der Waals surface area contributed by atoms with Gasteiger partial charge in [0.1, 0.15) is 0 Å². The zero-order valence-corrected chi connectivity index (χ0v) is 23.6. The van der Waals surface area contributed by atoms with Gasteiger partial charge < -0.3 is 0 Å². The van der Waals surface area contributed by atoms with Crippen LogP contribution in [0, 0.1) is 0 Å². The first-order valence-corrected chi connectivity index (χ1v) is 14.1. The van der Waals surface area contributed by atoms with Crippen molar-refractivity contribution in [3.63, 3.8) is 0 Å². The highest BCUT2D eigenvalue weighted by atomic mass is 35.5. The van der Waals surface area contributed by atoms with Crippen LogP contribution in [0.2, 0.25) is 5.02 Å². The molecule has 0 radical (unpaired) electrons. The molecule has 0 N–H and O–H groups in total. The van der Waals surface area contributed by atoms with Gasteiger partial charge in [-0.15, -0.1) is 17.5 Å². The van der Waals surface area contributed by atoms with Gasteiger partial charge in [-0.25, -0.2) is 17.2 Å². The van der Waals surface area contributed by atoms with E-state index in [4.69, 9.17) is 11.6 Å². The van der Waals surface area contributed by atoms with E-state index in [1.807, 2.05) is 4.90 Å². The molecule has 4 rings (SSSR count). The highest BCUT2D eigenvalue weighted by Gasteiger charge is 2.48. The molecule has 230 valence electrons. The molecule has 0 bridgehead atoms. The van der Waals surface area contributed by atoms with E-state index in [9.17, 15) is 43.9 Å². The monoisotopic (exact) mass is 655 g/mol. The van der Waals surface area contributed by atoms with Crippen molar-refractivity contribution in [2.75, 3.05) is 26.2 Å². The third kappa shape index (κ3) is 7.32. The number of hydrogen-bond acceptors (Lipinski definition) is 6. The number of carbonyl (C=O) groups is 1. The van der Waals surface area contributed by atoms with Crippen LogP contribution in [-0.2, 0) is 16.2 Å². The Kier molecular flexibility index (Phi) is 10.1. The largest absolute Gasteiger partial charge is 0.416 e. The van der Waals surface area contributed by atoms with Crippen molar-refractivity contribution in [1.29, 1.82) is 0 Å². The molecule has 0 atom stereocenters. The minimum absolute atomic E-state index is 0. The molecule has 0 unspecified atom stereocenters. The Hall–Kier alpha value is -2.01. The number of nitrogens with zero attached hydrogens (tertiary/aromatic N) is 5. The average Bonchev–Trinajstić information content (AvgIpc) is 3.40. The molecule has 0 spiro atoms. The molecule has 1 aromatic carbocycles. The Bertz CT molecular complexity index is 1340. The van der Waals surface area contributed by atoms with Gasteiger partial charge in [0.15, 0.2) is 5.78 Å². The first-order valence-electron chi connectivity index (χ1n) is 12.3. The minimum atomic E-state index is -4.64. The number of piperazine rings is 1. The summed E-state index contributed by atoms with van der Waals surface area (Å²) in [5.74, 6) is -3.44. The molecule has 2 aromatic rings. The van der Waals surface area contributed by atoms with E-state index in [1.165, 1.54) is 0 Å². The summed E-state index contributed by atoms with van der Waals surface area (Å²) in [5, 5.41) is 5.42. The van der Waals surface area contributed by atoms with Crippen molar-refractivity contribution in [1.82, 2.24) is 24.2 Å². The maximum Gasteiger partial charge on any atom is 0.416 e. The van der Waals surface area contributed by atoms with Crippen molar-refractivity contribution in [2.45, 2.75) is 67.7 Å². The van der Waals surface area contributed by atoms with Crippen molar-refractivity contribution in [3.8, 4) is 0 Å². The molecule has 1 saturated carbocycles. The van der Waals surface area contributed by atoms with Crippen molar-refractivity contribution in [3.05, 3.63) is 40.5 Å². The lowest BCUT2D eigenvalue weighted by atomic mass is 9.74. The number of aromatic nitrogens is 3. The number of benzene rings is 1. The van der Waals surface area contributed by atoms with Crippen LogP contribution < -0.4 is 0 Å². The van der Waals surface area contributed by atoms with Crippen LogP contribution in [0.5, 0.6) is 0 Å². The van der Waals surface area contributed by atoms with Crippen LogP contribution in [0.15, 0.2) is 29.4 Å². The van der Waals surface area contributed by atoms with Crippen LogP contribution >= 0.6 is 24.0 Å². The van der Waals surface area contributed by atoms with Gasteiger partial charge in [0.2, 0.25) is 10.9 Å². The van der Waals surface area contributed by atoms with Gasteiger partial charge in [0.25, 0.3) is 10.0 Å². The SMILES string of the molecule is Cl.O=C(CCC1(N2CCN(S(=O)(=O)c3cn(C(F)F)nn3)CC2)CCC(F)(F)CC1)c1ccc(C(F)(F)F)cc1Cl. The average molecular weight is 656 g/mol. The molecule has 2 fully saturated rings. The Morgan fingerprint density at radius 3 is 2.17 bits per heavy atom. The molecular formula is C23H26Cl2F7N5O3S. The first-order chi connectivity index (χ1) is 18.5. The molecule has 8 nitrogen and oxygen atoms in total. The number of sulfonamides is 1. The Morgan fingerprint density at radius 2 is 1.66 bits per heavy atom. The predicted octanol–water partition coefficient (Wildman–Crippen LogP) is 5.68. The smallest absolute Gasteiger partial charge is 0.295 e. The zero-order valence-electron chi connectivity index (χ0n) is 21.3. The van der Waals surface area contributed by atoms with Gasteiger partial charge >= 0.3 is 12.7 Å². The fourth-order valence-corrected chi connectivity index (χ4v) is 6.79. The van der Waals surface area contributed by atoms with E-state index in [-0.39, 0.29) is 79.5 Å². The lowest BCUT2D eigenvalue weighted by Gasteiger charge is -2.50. The lowest BCUT2D eigenvalue weighted by Crippen LogP contribution is -2.59. The molecule has 1 aromatic heterocycles. The lowest BCUT2D eigenvalue weighted by molar-refractivity contribution is -0.137. The van der Waals surface area contributed by atoms with E-state index in [2.05, 4.69) is 10.3 Å². The van der Waals surface area contributed by atoms with Gasteiger partial charge in [-0.05, 0) is 37.5 Å². The summed E-state index contributed by atoms with van der Waals surface area (Å²) < 4.78 is 120. The summed E-state index contributed by atoms with van der Waals surface area (Å²) >= 11 is 5.96. The summed E-state index contributed by atoms with van der Waals surface area (Å²) in [4.78, 5) is 14.8. The predicted molar refractivity (Wildman–Crippen MR) is 135 cm³/mol. The maximum absolute atomic E-state index is 14.1. The summed E-state index contributed by atoms with van der Waals surface area (Å²) in [5.41, 5.74) is -2.01. The van der Waals surface area contributed by atoms with E-state index in [1.54, 1.807) is 0 Å². The van der Waals surface area contributed by atoms with Crippen LogP contribution in [0.1, 0.15) is 61.0 Å². The fourth-order valence-electron chi connectivity index (χ4n) is 5.21. The van der Waals surface area contributed by atoms with Crippen molar-refractivity contribution < 1.29 is 43.9 Å². The number of carbonyl (C=O) groups excluding carboxylic acids is 1. The molecule has 1 aliphatic heterocycles. The van der Waals surface area contributed by atoms with Crippen LogP contribution in [0.4, 0.5) is 30.7 Å². The summed E-state index contributed by atoms with van der Waals surface area (Å²) in [6, 6.07) is 2.39. The van der Waals surface area contributed by atoms with Gasteiger partial charge in [-0.3, -0.25) is 9.69 Å². The highest BCUT2D eigenvalue weighted by molar-refractivity contribution is 7.89. The van der Waals surface area contributed by atoms with Crippen molar-refractivity contribution in [2.24, 2.45) is 0 Å². The van der Waals surface area contributed by atoms with Crippen LogP contribution in [0.25, 0.3) is 0 Å². The standard InChI is InChI=1S/C23H25ClF7N5O3S.ClH/c24-17-13-15(23(29,30)31)1-2-16(17)18(37)3-4-21(5-7-22(27,28)8-6-21)34-9-11-35(12-10-34)40(38,39)19-14-36(20(25)26)33-32-19;/h1-2,13-14,20H,3-12H2;1H. The van der Waals surface area contributed by atoms with Gasteiger partial charge in [-0.1, -0.05) is 16.8 Å². The number of hydrogen-bond donors (Lipinski definition) is 0. The van der Waals surface area contributed by atoms with Gasteiger partial charge in [-0.2, -0.15) is 30.9 Å². The second-order valence-electron chi connectivity index (χ2n) is 9.90.